The third-order valence-electron chi connectivity index (χ3n) is 4.09. The Morgan fingerprint density at radius 3 is 1.55 bits per heavy atom. The van der Waals surface area contributed by atoms with Gasteiger partial charge in [-0.05, 0) is 37.1 Å². The molecular formula is C23H21F6NO3. The maximum absolute atomic E-state index is 13.3. The fourth-order valence-corrected chi connectivity index (χ4v) is 2.61. The van der Waals surface area contributed by atoms with E-state index in [2.05, 4.69) is 5.32 Å². The van der Waals surface area contributed by atoms with Crippen molar-refractivity contribution in [3.05, 3.63) is 82.1 Å². The number of Topliss-reactive ketones (excluding diaryl/α,β-unsaturated/α-hetero) is 2. The topological polar surface area (TPSA) is 63.2 Å². The minimum atomic E-state index is -1.31. The SMILES string of the molecule is CC(=O)CC(=O)Cc1cc(F)c(F)cc1F.CN/C(=C\C(C)=O)Cc1cc(F)c(F)cc1F. The monoisotopic (exact) mass is 473 g/mol. The van der Waals surface area contributed by atoms with E-state index in [1.54, 1.807) is 7.05 Å². The molecule has 0 aliphatic carbocycles. The molecule has 10 heteroatoms. The van der Waals surface area contributed by atoms with Crippen LogP contribution in [0.2, 0.25) is 0 Å². The van der Waals surface area contributed by atoms with E-state index in [-0.39, 0.29) is 35.5 Å². The largest absolute Gasteiger partial charge is 0.391 e. The average molecular weight is 473 g/mol. The molecule has 2 rings (SSSR count). The molecule has 0 fully saturated rings. The molecule has 0 spiro atoms. The van der Waals surface area contributed by atoms with Crippen molar-refractivity contribution in [2.75, 3.05) is 7.05 Å². The van der Waals surface area contributed by atoms with E-state index in [0.717, 1.165) is 6.07 Å². The zero-order valence-corrected chi connectivity index (χ0v) is 18.0. The molecular weight excluding hydrogens is 452 g/mol. The molecule has 33 heavy (non-hydrogen) atoms. The number of nitrogens with one attached hydrogen (secondary N) is 1. The molecule has 1 N–H and O–H groups in total. The van der Waals surface area contributed by atoms with Gasteiger partial charge < -0.3 is 5.32 Å². The van der Waals surface area contributed by atoms with Crippen molar-refractivity contribution in [1.82, 2.24) is 5.32 Å². The van der Waals surface area contributed by atoms with Crippen LogP contribution in [0.1, 0.15) is 31.4 Å². The molecule has 0 aromatic heterocycles. The highest BCUT2D eigenvalue weighted by Crippen LogP contribution is 2.17. The molecule has 0 amide bonds. The number of carbonyl (C=O) groups excluding carboxylic acids is 3. The van der Waals surface area contributed by atoms with Gasteiger partial charge >= 0.3 is 0 Å². The van der Waals surface area contributed by atoms with Crippen LogP contribution in [0, 0.1) is 34.9 Å². The lowest BCUT2D eigenvalue weighted by atomic mass is 10.0. The van der Waals surface area contributed by atoms with Crippen LogP contribution in [0.3, 0.4) is 0 Å². The number of likely N-dealkylation sites (N-methyl/N-ethyl adjacent to an activating group) is 1. The maximum Gasteiger partial charge on any atom is 0.161 e. The number of hydrogen-bond acceptors (Lipinski definition) is 4. The van der Waals surface area contributed by atoms with Gasteiger partial charge in [0.15, 0.2) is 29.1 Å². The summed E-state index contributed by atoms with van der Waals surface area (Å²) in [5.41, 5.74) is 0.179. The van der Waals surface area contributed by atoms with Crippen LogP contribution in [-0.4, -0.2) is 24.4 Å². The second kappa shape index (κ2) is 12.6. The van der Waals surface area contributed by atoms with E-state index < -0.39 is 47.1 Å². The second-order valence-electron chi connectivity index (χ2n) is 7.02. The van der Waals surface area contributed by atoms with Gasteiger partial charge in [0, 0.05) is 43.8 Å². The van der Waals surface area contributed by atoms with E-state index in [0.29, 0.717) is 23.9 Å². The number of halogens is 6. The van der Waals surface area contributed by atoms with Gasteiger partial charge in [-0.15, -0.1) is 0 Å². The third-order valence-corrected chi connectivity index (χ3v) is 4.09. The Morgan fingerprint density at radius 1 is 0.727 bits per heavy atom. The fourth-order valence-electron chi connectivity index (χ4n) is 2.61. The summed E-state index contributed by atoms with van der Waals surface area (Å²) >= 11 is 0. The molecule has 0 aliphatic heterocycles. The molecule has 2 aromatic carbocycles. The molecule has 0 bridgehead atoms. The van der Waals surface area contributed by atoms with Gasteiger partial charge in [-0.1, -0.05) is 0 Å². The molecule has 0 saturated carbocycles. The van der Waals surface area contributed by atoms with Gasteiger partial charge in [-0.3, -0.25) is 14.4 Å². The first-order chi connectivity index (χ1) is 15.3. The van der Waals surface area contributed by atoms with E-state index in [1.165, 1.54) is 19.9 Å². The van der Waals surface area contributed by atoms with E-state index >= 15 is 0 Å². The lowest BCUT2D eigenvalue weighted by molar-refractivity contribution is -0.125. The zero-order chi connectivity index (χ0) is 25.3. The molecule has 4 nitrogen and oxygen atoms in total. The lowest BCUT2D eigenvalue weighted by Gasteiger charge is -2.08. The Labute approximate surface area is 186 Å². The minimum absolute atomic E-state index is 0.000880. The second-order valence-corrected chi connectivity index (χ2v) is 7.02. The summed E-state index contributed by atoms with van der Waals surface area (Å²) in [7, 11) is 1.56. The minimum Gasteiger partial charge on any atom is -0.391 e. The zero-order valence-electron chi connectivity index (χ0n) is 18.0. The predicted molar refractivity (Wildman–Crippen MR) is 108 cm³/mol. The van der Waals surface area contributed by atoms with E-state index in [4.69, 9.17) is 0 Å². The third kappa shape index (κ3) is 9.30. The average Bonchev–Trinajstić information content (AvgIpc) is 2.69. The first-order valence-corrected chi connectivity index (χ1v) is 9.50. The normalized spacial score (nSPS) is 10.9. The van der Waals surface area contributed by atoms with Crippen LogP contribution >= 0.6 is 0 Å². The highest BCUT2D eigenvalue weighted by Gasteiger charge is 2.14. The van der Waals surface area contributed by atoms with Crippen molar-refractivity contribution in [3.63, 3.8) is 0 Å². The first-order valence-electron chi connectivity index (χ1n) is 9.50. The number of rotatable bonds is 8. The molecule has 0 unspecified atom stereocenters. The highest BCUT2D eigenvalue weighted by atomic mass is 19.2. The number of benzene rings is 2. The summed E-state index contributed by atoms with van der Waals surface area (Å²) in [6.45, 7) is 2.57. The van der Waals surface area contributed by atoms with Gasteiger partial charge in [0.25, 0.3) is 0 Å². The standard InChI is InChI=1S/C12H12F3NO.C11H9F3O2/c1-7(17)3-9(16-2)4-8-5-11(14)12(15)6-10(8)13;1-6(15)2-8(16)3-7-4-10(13)11(14)5-9(7)12/h3,5-6,16H,4H2,1-2H3;4-5H,2-3H2,1H3/b9-3-;. The van der Waals surface area contributed by atoms with Crippen molar-refractivity contribution < 1.29 is 40.7 Å². The quantitative estimate of drug-likeness (QED) is 0.265. The van der Waals surface area contributed by atoms with Crippen LogP contribution in [0.15, 0.2) is 36.0 Å². The smallest absolute Gasteiger partial charge is 0.161 e. The molecule has 0 atom stereocenters. The summed E-state index contributed by atoms with van der Waals surface area (Å²) in [5, 5.41) is 2.70. The van der Waals surface area contributed by atoms with E-state index in [1.807, 2.05) is 0 Å². The molecule has 0 aliphatic rings. The maximum atomic E-state index is 13.3. The van der Waals surface area contributed by atoms with Crippen LogP contribution in [0.4, 0.5) is 26.3 Å². The van der Waals surface area contributed by atoms with Crippen LogP contribution in [0.25, 0.3) is 0 Å². The van der Waals surface area contributed by atoms with E-state index in [9.17, 15) is 40.7 Å². The summed E-state index contributed by atoms with van der Waals surface area (Å²) in [5.74, 6) is -7.79. The summed E-state index contributed by atoms with van der Waals surface area (Å²) in [6.07, 6.45) is 0.529. The van der Waals surface area contributed by atoms with Gasteiger partial charge in [-0.25, -0.2) is 26.3 Å². The summed E-state index contributed by atoms with van der Waals surface area (Å²) < 4.78 is 77.3. The van der Waals surface area contributed by atoms with Gasteiger partial charge in [0.1, 0.15) is 23.2 Å². The van der Waals surface area contributed by atoms with Crippen molar-refractivity contribution in [3.8, 4) is 0 Å². The van der Waals surface area contributed by atoms with Gasteiger partial charge in [0.2, 0.25) is 0 Å². The lowest BCUT2D eigenvalue weighted by Crippen LogP contribution is -2.11. The van der Waals surface area contributed by atoms with Crippen molar-refractivity contribution in [2.24, 2.45) is 0 Å². The number of hydrogen-bond donors (Lipinski definition) is 1. The summed E-state index contributed by atoms with van der Waals surface area (Å²) in [6, 6.07) is 2.29. The Morgan fingerprint density at radius 2 is 1.15 bits per heavy atom. The first kappa shape index (κ1) is 27.6. The number of carbonyl (C=O) groups is 3. The molecule has 0 saturated heterocycles. The molecule has 0 radical (unpaired) electrons. The Hall–Kier alpha value is -3.43. The van der Waals surface area contributed by atoms with Crippen LogP contribution in [0.5, 0.6) is 0 Å². The highest BCUT2D eigenvalue weighted by molar-refractivity contribution is 5.98. The molecule has 0 heterocycles. The number of allylic oxidation sites excluding steroid dienone is 2. The number of ketones is 3. The van der Waals surface area contributed by atoms with Crippen LogP contribution in [-0.2, 0) is 27.2 Å². The molecule has 2 aromatic rings. The van der Waals surface area contributed by atoms with Crippen molar-refractivity contribution in [2.45, 2.75) is 33.1 Å². The summed E-state index contributed by atoms with van der Waals surface area (Å²) in [4.78, 5) is 32.6. The van der Waals surface area contributed by atoms with Crippen LogP contribution < -0.4 is 5.32 Å². The van der Waals surface area contributed by atoms with Gasteiger partial charge in [-0.2, -0.15) is 0 Å². The van der Waals surface area contributed by atoms with Crippen molar-refractivity contribution in [1.29, 1.82) is 0 Å². The van der Waals surface area contributed by atoms with Crippen molar-refractivity contribution >= 4 is 17.3 Å². The Balaban J connectivity index is 0.000000331. The van der Waals surface area contributed by atoms with Gasteiger partial charge in [0.05, 0.1) is 6.42 Å². The Kier molecular flexibility index (Phi) is 10.5. The molecule has 178 valence electrons. The fraction of sp³-hybridized carbons (Fsp3) is 0.261. The predicted octanol–water partition coefficient (Wildman–Crippen LogP) is 4.53. The Bertz CT molecular complexity index is 1080.